The third-order valence-electron chi connectivity index (χ3n) is 3.20. The van der Waals surface area contributed by atoms with Crippen LogP contribution in [0.3, 0.4) is 0 Å². The van der Waals surface area contributed by atoms with E-state index in [0.717, 1.165) is 26.3 Å². The van der Waals surface area contributed by atoms with E-state index in [2.05, 4.69) is 25.7 Å². The van der Waals surface area contributed by atoms with E-state index in [9.17, 15) is 0 Å². The number of ether oxygens (including phenoxy) is 1. The molecular formula is C11H24N2O. The summed E-state index contributed by atoms with van der Waals surface area (Å²) in [4.78, 5) is 2.49. The fourth-order valence-corrected chi connectivity index (χ4v) is 2.44. The van der Waals surface area contributed by atoms with E-state index in [1.54, 1.807) is 0 Å². The third-order valence-corrected chi connectivity index (χ3v) is 3.20. The Morgan fingerprint density at radius 2 is 2.21 bits per heavy atom. The van der Waals surface area contributed by atoms with Gasteiger partial charge in [0.05, 0.1) is 6.61 Å². The molecule has 2 N–H and O–H groups in total. The lowest BCUT2D eigenvalue weighted by molar-refractivity contribution is 0.102. The van der Waals surface area contributed by atoms with Crippen LogP contribution in [0, 0.1) is 5.92 Å². The SMILES string of the molecule is CCN(C(C)C)C(CN)C1CCOC1. The van der Waals surface area contributed by atoms with E-state index >= 15 is 0 Å². The van der Waals surface area contributed by atoms with Crippen molar-refractivity contribution >= 4 is 0 Å². The lowest BCUT2D eigenvalue weighted by Gasteiger charge is -2.36. The number of nitrogens with two attached hydrogens (primary N) is 1. The summed E-state index contributed by atoms with van der Waals surface area (Å²) in [6.07, 6.45) is 1.17. The molecule has 84 valence electrons. The average Bonchev–Trinajstić information content (AvgIpc) is 2.65. The largest absolute Gasteiger partial charge is 0.381 e. The average molecular weight is 200 g/mol. The van der Waals surface area contributed by atoms with Crippen molar-refractivity contribution in [3.8, 4) is 0 Å². The normalized spacial score (nSPS) is 24.9. The van der Waals surface area contributed by atoms with Gasteiger partial charge in [0.15, 0.2) is 0 Å². The molecule has 0 saturated carbocycles. The van der Waals surface area contributed by atoms with Crippen LogP contribution < -0.4 is 5.73 Å². The van der Waals surface area contributed by atoms with Crippen molar-refractivity contribution in [1.29, 1.82) is 0 Å². The van der Waals surface area contributed by atoms with Gasteiger partial charge in [0.1, 0.15) is 0 Å². The Labute approximate surface area is 87.6 Å². The minimum absolute atomic E-state index is 0.502. The van der Waals surface area contributed by atoms with Gasteiger partial charge < -0.3 is 10.5 Å². The van der Waals surface area contributed by atoms with E-state index in [-0.39, 0.29) is 0 Å². The molecule has 0 radical (unpaired) electrons. The zero-order valence-electron chi connectivity index (χ0n) is 9.70. The molecule has 1 fully saturated rings. The maximum atomic E-state index is 5.87. The molecular weight excluding hydrogens is 176 g/mol. The fraction of sp³-hybridized carbons (Fsp3) is 1.00. The van der Waals surface area contributed by atoms with Crippen LogP contribution in [0.25, 0.3) is 0 Å². The molecule has 2 atom stereocenters. The van der Waals surface area contributed by atoms with Gasteiger partial charge in [-0.3, -0.25) is 4.90 Å². The van der Waals surface area contributed by atoms with E-state index in [0.29, 0.717) is 18.0 Å². The number of rotatable bonds is 5. The molecule has 1 heterocycles. The topological polar surface area (TPSA) is 38.5 Å². The molecule has 1 aliphatic rings. The van der Waals surface area contributed by atoms with Gasteiger partial charge in [-0.25, -0.2) is 0 Å². The van der Waals surface area contributed by atoms with Gasteiger partial charge in [0.2, 0.25) is 0 Å². The highest BCUT2D eigenvalue weighted by molar-refractivity contribution is 4.83. The van der Waals surface area contributed by atoms with Crippen LogP contribution in [0.15, 0.2) is 0 Å². The summed E-state index contributed by atoms with van der Waals surface area (Å²) in [5.74, 6) is 0.641. The van der Waals surface area contributed by atoms with Crippen molar-refractivity contribution in [2.24, 2.45) is 11.7 Å². The van der Waals surface area contributed by atoms with Crippen LogP contribution in [-0.2, 0) is 4.74 Å². The standard InChI is InChI=1S/C11H24N2O/c1-4-13(9(2)3)11(7-12)10-5-6-14-8-10/h9-11H,4-8,12H2,1-3H3. The minimum Gasteiger partial charge on any atom is -0.381 e. The summed E-state index contributed by atoms with van der Waals surface area (Å²) in [6, 6.07) is 1.08. The maximum absolute atomic E-state index is 5.87. The van der Waals surface area contributed by atoms with Crippen molar-refractivity contribution in [3.05, 3.63) is 0 Å². The van der Waals surface area contributed by atoms with Crippen molar-refractivity contribution < 1.29 is 4.74 Å². The molecule has 0 amide bonds. The molecule has 3 heteroatoms. The zero-order valence-corrected chi connectivity index (χ0v) is 9.70. The quantitative estimate of drug-likeness (QED) is 0.722. The predicted octanol–water partition coefficient (Wildman–Crippen LogP) is 1.08. The predicted molar refractivity (Wildman–Crippen MR) is 59.3 cm³/mol. The van der Waals surface area contributed by atoms with Crippen molar-refractivity contribution in [1.82, 2.24) is 4.90 Å². The molecule has 1 aliphatic heterocycles. The van der Waals surface area contributed by atoms with Crippen LogP contribution in [0.4, 0.5) is 0 Å². The van der Waals surface area contributed by atoms with E-state index in [1.807, 2.05) is 0 Å². The van der Waals surface area contributed by atoms with Crippen molar-refractivity contribution in [3.63, 3.8) is 0 Å². The summed E-state index contributed by atoms with van der Waals surface area (Å²) in [5.41, 5.74) is 5.87. The summed E-state index contributed by atoms with van der Waals surface area (Å²) >= 11 is 0. The Kier molecular flexibility index (Phi) is 4.85. The molecule has 2 unspecified atom stereocenters. The molecule has 0 spiro atoms. The van der Waals surface area contributed by atoms with Gasteiger partial charge in [-0.1, -0.05) is 6.92 Å². The van der Waals surface area contributed by atoms with Crippen molar-refractivity contribution in [2.75, 3.05) is 26.3 Å². The van der Waals surface area contributed by atoms with Gasteiger partial charge >= 0.3 is 0 Å². The fourth-order valence-electron chi connectivity index (χ4n) is 2.44. The second kappa shape index (κ2) is 5.69. The second-order valence-electron chi connectivity index (χ2n) is 4.35. The van der Waals surface area contributed by atoms with Gasteiger partial charge in [-0.2, -0.15) is 0 Å². The number of hydrogen-bond acceptors (Lipinski definition) is 3. The molecule has 1 rings (SSSR count). The first kappa shape index (κ1) is 12.0. The van der Waals surface area contributed by atoms with Crippen LogP contribution in [0.5, 0.6) is 0 Å². The first-order valence-corrected chi connectivity index (χ1v) is 5.74. The highest BCUT2D eigenvalue weighted by Crippen LogP contribution is 2.21. The highest BCUT2D eigenvalue weighted by atomic mass is 16.5. The molecule has 14 heavy (non-hydrogen) atoms. The first-order valence-electron chi connectivity index (χ1n) is 5.74. The Bertz CT molecular complexity index is 155. The van der Waals surface area contributed by atoms with Crippen LogP contribution in [0.2, 0.25) is 0 Å². The maximum Gasteiger partial charge on any atom is 0.0510 e. The minimum atomic E-state index is 0.502. The van der Waals surface area contributed by atoms with Crippen molar-refractivity contribution in [2.45, 2.75) is 39.3 Å². The smallest absolute Gasteiger partial charge is 0.0510 e. The number of likely N-dealkylation sites (N-methyl/N-ethyl adjacent to an activating group) is 1. The third kappa shape index (κ3) is 2.69. The molecule has 0 bridgehead atoms. The van der Waals surface area contributed by atoms with Crippen LogP contribution in [-0.4, -0.2) is 43.3 Å². The molecule has 1 saturated heterocycles. The number of hydrogen-bond donors (Lipinski definition) is 1. The van der Waals surface area contributed by atoms with E-state index in [4.69, 9.17) is 10.5 Å². The lowest BCUT2D eigenvalue weighted by atomic mass is 9.96. The van der Waals surface area contributed by atoms with Gasteiger partial charge in [-0.15, -0.1) is 0 Å². The highest BCUT2D eigenvalue weighted by Gasteiger charge is 2.29. The van der Waals surface area contributed by atoms with Crippen LogP contribution in [0.1, 0.15) is 27.2 Å². The zero-order chi connectivity index (χ0) is 10.6. The van der Waals surface area contributed by atoms with E-state index < -0.39 is 0 Å². The summed E-state index contributed by atoms with van der Waals surface area (Å²) < 4.78 is 5.43. The summed E-state index contributed by atoms with van der Waals surface area (Å²) in [5, 5.41) is 0. The first-order chi connectivity index (χ1) is 6.70. The molecule has 0 aromatic rings. The molecule has 0 aliphatic carbocycles. The van der Waals surface area contributed by atoms with Gasteiger partial charge in [0, 0.05) is 31.2 Å². The van der Waals surface area contributed by atoms with Gasteiger partial charge in [0.25, 0.3) is 0 Å². The Hall–Kier alpha value is -0.120. The molecule has 0 aromatic carbocycles. The summed E-state index contributed by atoms with van der Waals surface area (Å²) in [7, 11) is 0. The monoisotopic (exact) mass is 200 g/mol. The second-order valence-corrected chi connectivity index (χ2v) is 4.35. The van der Waals surface area contributed by atoms with Crippen LogP contribution >= 0.6 is 0 Å². The molecule has 0 aromatic heterocycles. The Morgan fingerprint density at radius 1 is 1.50 bits per heavy atom. The van der Waals surface area contributed by atoms with E-state index in [1.165, 1.54) is 6.42 Å². The van der Waals surface area contributed by atoms with Gasteiger partial charge in [-0.05, 0) is 26.8 Å². The number of nitrogens with zero attached hydrogens (tertiary/aromatic N) is 1. The molecule has 3 nitrogen and oxygen atoms in total. The Morgan fingerprint density at radius 3 is 2.57 bits per heavy atom. The Balaban J connectivity index is 2.57. The lowest BCUT2D eigenvalue weighted by Crippen LogP contribution is -2.49. The summed E-state index contributed by atoms with van der Waals surface area (Å²) in [6.45, 7) is 10.3.